The Labute approximate surface area is 196 Å². The lowest BCUT2D eigenvalue weighted by Crippen LogP contribution is -2.24. The lowest BCUT2D eigenvalue weighted by Gasteiger charge is -2.13. The van der Waals surface area contributed by atoms with E-state index in [0.717, 1.165) is 16.0 Å². The van der Waals surface area contributed by atoms with Crippen LogP contribution in [0.4, 0.5) is 0 Å². The van der Waals surface area contributed by atoms with Crippen LogP contribution in [0.5, 0.6) is 0 Å². The minimum atomic E-state index is -0.699. The van der Waals surface area contributed by atoms with Crippen molar-refractivity contribution in [3.8, 4) is 29.9 Å². The fourth-order valence-corrected chi connectivity index (χ4v) is 6.99. The van der Waals surface area contributed by atoms with E-state index in [2.05, 4.69) is 51.7 Å². The molecule has 0 unspecified atom stereocenters. The zero-order valence-corrected chi connectivity index (χ0v) is 19.2. The standard InChI is InChI=1S/C23H19N3O3S3/c27-11-15-14(28)10-21(29-15)26-12-25-22-13(7-8-24-23(22)26)16-3-4-19(31-16)20-6-5-18(32-20)17-2-1-9-30-17/h1-9,12,14-15,21,27-28H,10-11H2/t14-,15+,21+/m0/s1. The Morgan fingerprint density at radius 2 is 1.72 bits per heavy atom. The fourth-order valence-electron chi connectivity index (χ4n) is 4.03. The van der Waals surface area contributed by atoms with Crippen LogP contribution < -0.4 is 0 Å². The molecule has 0 spiro atoms. The van der Waals surface area contributed by atoms with E-state index >= 15 is 0 Å². The Morgan fingerprint density at radius 3 is 2.44 bits per heavy atom. The fraction of sp³-hybridized carbons (Fsp3) is 0.217. The quantitative estimate of drug-likeness (QED) is 0.358. The van der Waals surface area contributed by atoms with Crippen molar-refractivity contribution in [1.82, 2.24) is 14.5 Å². The summed E-state index contributed by atoms with van der Waals surface area (Å²) in [6, 6.07) is 14.9. The molecule has 5 aromatic heterocycles. The molecule has 0 radical (unpaired) electrons. The summed E-state index contributed by atoms with van der Waals surface area (Å²) in [5.74, 6) is 0. The second kappa shape index (κ2) is 8.18. The first-order valence-corrected chi connectivity index (χ1v) is 12.7. The monoisotopic (exact) mass is 481 g/mol. The summed E-state index contributed by atoms with van der Waals surface area (Å²) >= 11 is 5.31. The first-order valence-electron chi connectivity index (χ1n) is 10.2. The number of hydrogen-bond acceptors (Lipinski definition) is 8. The summed E-state index contributed by atoms with van der Waals surface area (Å²) in [6.07, 6.45) is 2.22. The van der Waals surface area contributed by atoms with Crippen LogP contribution in [0.3, 0.4) is 0 Å². The summed E-state index contributed by atoms with van der Waals surface area (Å²) in [5.41, 5.74) is 2.54. The Morgan fingerprint density at radius 1 is 0.969 bits per heavy atom. The lowest BCUT2D eigenvalue weighted by molar-refractivity contribution is -0.0432. The van der Waals surface area contributed by atoms with Gasteiger partial charge in [-0.3, -0.25) is 4.57 Å². The minimum Gasteiger partial charge on any atom is -0.394 e. The van der Waals surface area contributed by atoms with E-state index in [1.54, 1.807) is 35.2 Å². The van der Waals surface area contributed by atoms with Crippen LogP contribution in [0.25, 0.3) is 41.1 Å². The topological polar surface area (TPSA) is 80.4 Å². The largest absolute Gasteiger partial charge is 0.394 e. The lowest BCUT2D eigenvalue weighted by atomic mass is 10.2. The molecular weight excluding hydrogens is 462 g/mol. The van der Waals surface area contributed by atoms with Gasteiger partial charge in [-0.15, -0.1) is 34.0 Å². The minimum absolute atomic E-state index is 0.210. The molecule has 0 amide bonds. The third kappa shape index (κ3) is 3.42. The SMILES string of the molecule is OC[C@H]1O[C@@H](n2cnc3c(-c4ccc(-c5ccc(-c6cccs6)s5)s4)ccnc32)C[C@@H]1O. The van der Waals surface area contributed by atoms with Crippen molar-refractivity contribution >= 4 is 45.2 Å². The predicted molar refractivity (Wildman–Crippen MR) is 129 cm³/mol. The number of aliphatic hydroxyl groups is 2. The van der Waals surface area contributed by atoms with E-state index in [9.17, 15) is 10.2 Å². The Balaban J connectivity index is 1.33. The van der Waals surface area contributed by atoms with Gasteiger partial charge in [-0.05, 0) is 41.8 Å². The van der Waals surface area contributed by atoms with Gasteiger partial charge in [0.1, 0.15) is 17.8 Å². The van der Waals surface area contributed by atoms with E-state index in [0.29, 0.717) is 12.1 Å². The number of rotatable bonds is 5. The molecule has 3 atom stereocenters. The van der Waals surface area contributed by atoms with E-state index in [4.69, 9.17) is 4.74 Å². The van der Waals surface area contributed by atoms with Crippen molar-refractivity contribution in [1.29, 1.82) is 0 Å². The summed E-state index contributed by atoms with van der Waals surface area (Å²) < 4.78 is 7.65. The molecule has 6 rings (SSSR count). The molecule has 0 saturated carbocycles. The molecule has 32 heavy (non-hydrogen) atoms. The Kier molecular flexibility index (Phi) is 5.17. The molecule has 6 nitrogen and oxygen atoms in total. The average molecular weight is 482 g/mol. The van der Waals surface area contributed by atoms with E-state index in [1.807, 2.05) is 22.0 Å². The molecule has 1 aliphatic rings. The van der Waals surface area contributed by atoms with Crippen molar-refractivity contribution in [2.45, 2.75) is 24.9 Å². The number of pyridine rings is 1. The molecule has 5 aromatic rings. The van der Waals surface area contributed by atoms with Crippen molar-refractivity contribution in [3.05, 3.63) is 60.4 Å². The summed E-state index contributed by atoms with van der Waals surface area (Å²) in [6.45, 7) is -0.210. The molecule has 0 bridgehead atoms. The van der Waals surface area contributed by atoms with Crippen LogP contribution in [0, 0.1) is 0 Å². The number of nitrogens with zero attached hydrogens (tertiary/aromatic N) is 3. The number of aliphatic hydroxyl groups excluding tert-OH is 2. The van der Waals surface area contributed by atoms with E-state index in [1.165, 1.54) is 19.5 Å². The van der Waals surface area contributed by atoms with Crippen LogP contribution in [-0.4, -0.2) is 43.6 Å². The van der Waals surface area contributed by atoms with E-state index in [-0.39, 0.29) is 6.61 Å². The third-order valence-corrected chi connectivity index (χ3v) is 9.10. The number of aromatic nitrogens is 3. The number of hydrogen-bond donors (Lipinski definition) is 2. The Bertz CT molecular complexity index is 1370. The van der Waals surface area contributed by atoms with Crippen LogP contribution in [-0.2, 0) is 4.74 Å². The van der Waals surface area contributed by atoms with Crippen molar-refractivity contribution in [2.24, 2.45) is 0 Å². The van der Waals surface area contributed by atoms with Crippen molar-refractivity contribution in [3.63, 3.8) is 0 Å². The number of imidazole rings is 1. The maximum absolute atomic E-state index is 10.1. The summed E-state index contributed by atoms with van der Waals surface area (Å²) in [7, 11) is 0. The van der Waals surface area contributed by atoms with Gasteiger partial charge in [-0.1, -0.05) is 6.07 Å². The molecule has 6 heterocycles. The maximum atomic E-state index is 10.1. The van der Waals surface area contributed by atoms with Crippen molar-refractivity contribution in [2.75, 3.05) is 6.61 Å². The van der Waals surface area contributed by atoms with Gasteiger partial charge in [-0.2, -0.15) is 0 Å². The van der Waals surface area contributed by atoms with Gasteiger partial charge in [0.2, 0.25) is 0 Å². The smallest absolute Gasteiger partial charge is 0.162 e. The van der Waals surface area contributed by atoms with Gasteiger partial charge < -0.3 is 14.9 Å². The van der Waals surface area contributed by atoms with Gasteiger partial charge in [0, 0.05) is 42.6 Å². The van der Waals surface area contributed by atoms with Crippen LogP contribution >= 0.6 is 34.0 Å². The number of thiophene rings is 3. The first kappa shape index (κ1) is 20.2. The second-order valence-electron chi connectivity index (χ2n) is 7.60. The maximum Gasteiger partial charge on any atom is 0.162 e. The number of fused-ring (bicyclic) bond motifs is 1. The molecule has 9 heteroatoms. The van der Waals surface area contributed by atoms with Crippen LogP contribution in [0.1, 0.15) is 12.6 Å². The summed E-state index contributed by atoms with van der Waals surface area (Å²) in [4.78, 5) is 15.3. The molecule has 0 aromatic carbocycles. The van der Waals surface area contributed by atoms with Gasteiger partial charge in [0.15, 0.2) is 5.65 Å². The van der Waals surface area contributed by atoms with Gasteiger partial charge in [0.25, 0.3) is 0 Å². The molecule has 1 fully saturated rings. The highest BCUT2D eigenvalue weighted by Crippen LogP contribution is 2.42. The Hall–Kier alpha value is -2.40. The molecule has 1 saturated heterocycles. The zero-order chi connectivity index (χ0) is 21.7. The first-order chi connectivity index (χ1) is 15.7. The average Bonchev–Trinajstić information content (AvgIpc) is 3.62. The van der Waals surface area contributed by atoms with E-state index < -0.39 is 18.4 Å². The normalized spacial score (nSPS) is 21.0. The number of ether oxygens (including phenoxy) is 1. The molecule has 2 N–H and O–H groups in total. The van der Waals surface area contributed by atoms with Gasteiger partial charge >= 0.3 is 0 Å². The van der Waals surface area contributed by atoms with Crippen LogP contribution in [0.2, 0.25) is 0 Å². The molecule has 162 valence electrons. The van der Waals surface area contributed by atoms with Crippen molar-refractivity contribution < 1.29 is 14.9 Å². The highest BCUT2D eigenvalue weighted by molar-refractivity contribution is 7.27. The highest BCUT2D eigenvalue weighted by atomic mass is 32.1. The molecule has 0 aliphatic carbocycles. The third-order valence-electron chi connectivity index (χ3n) is 5.64. The molecule has 1 aliphatic heterocycles. The second-order valence-corrected chi connectivity index (χ2v) is 10.7. The summed E-state index contributed by atoms with van der Waals surface area (Å²) in [5, 5.41) is 21.6. The zero-order valence-electron chi connectivity index (χ0n) is 16.8. The van der Waals surface area contributed by atoms with Crippen LogP contribution in [0.15, 0.2) is 60.4 Å². The van der Waals surface area contributed by atoms with Gasteiger partial charge in [-0.25, -0.2) is 9.97 Å². The highest BCUT2D eigenvalue weighted by Gasteiger charge is 2.35. The predicted octanol–water partition coefficient (Wildman–Crippen LogP) is 5.26. The molecular formula is C23H19N3O3S3. The van der Waals surface area contributed by atoms with Gasteiger partial charge in [0.05, 0.1) is 19.0 Å².